The molecule has 1 amide bonds. The molecule has 1 heterocycles. The summed E-state index contributed by atoms with van der Waals surface area (Å²) in [5.74, 6) is -0.885. The predicted molar refractivity (Wildman–Crippen MR) is 108 cm³/mol. The van der Waals surface area contributed by atoms with Gasteiger partial charge in [0, 0.05) is 16.7 Å². The number of hydrogen-bond donors (Lipinski definition) is 2. The van der Waals surface area contributed by atoms with E-state index in [1.54, 1.807) is 32.0 Å². The number of phosphoric ester groups is 1. The van der Waals surface area contributed by atoms with Crippen LogP contribution in [0, 0.1) is 5.82 Å². The largest absolute Gasteiger partial charge is 1.00 e. The fraction of sp³-hybridized carbons (Fsp3) is 0.333. The number of hydrogen-bond acceptors (Lipinski definition) is 7. The van der Waals surface area contributed by atoms with Crippen LogP contribution in [0.25, 0.3) is 0 Å². The first kappa shape index (κ1) is 27.6. The van der Waals surface area contributed by atoms with E-state index in [0.717, 1.165) is 12.1 Å². The zero-order valence-corrected chi connectivity index (χ0v) is 21.4. The minimum absolute atomic E-state index is 0. The van der Waals surface area contributed by atoms with E-state index in [1.165, 1.54) is 19.1 Å². The maximum absolute atomic E-state index is 13.2. The van der Waals surface area contributed by atoms with Crippen LogP contribution in [-0.4, -0.2) is 35.1 Å². The number of carbonyl (C=O) groups excluding carboxylic acids is 2. The third-order valence-electron chi connectivity index (χ3n) is 4.97. The van der Waals surface area contributed by atoms with E-state index in [9.17, 15) is 23.4 Å². The predicted octanol–water partition coefficient (Wildman–Crippen LogP) is -0.506. The standard InChI is InChI=1S/C21H23FNO8P.Na/c1-12(24)14-6-9-17-16(10-14)18(23-20(25)13-4-7-15(22)8-5-13)19(21(2,3)31-17)29-11-30-32(26,27)28;/h4-10,18-19H,11H2,1-3H3,(H,23,25)(H2,26,27,28);/q;+1/p-1/t18-,19-;/m0./s1. The van der Waals surface area contributed by atoms with Gasteiger partial charge in [-0.05, 0) is 63.2 Å². The number of ketones is 1. The first-order valence-electron chi connectivity index (χ1n) is 9.58. The molecule has 2 N–H and O–H groups in total. The Morgan fingerprint density at radius 3 is 2.39 bits per heavy atom. The van der Waals surface area contributed by atoms with Gasteiger partial charge in [0.15, 0.2) is 12.6 Å². The fourth-order valence-electron chi connectivity index (χ4n) is 3.46. The molecule has 12 heteroatoms. The number of amides is 1. The van der Waals surface area contributed by atoms with E-state index in [0.29, 0.717) is 16.9 Å². The molecule has 0 radical (unpaired) electrons. The van der Waals surface area contributed by atoms with E-state index in [4.69, 9.17) is 14.4 Å². The Bertz CT molecular complexity index is 1070. The van der Waals surface area contributed by atoms with Gasteiger partial charge in [-0.25, -0.2) is 4.39 Å². The van der Waals surface area contributed by atoms with Crippen molar-refractivity contribution in [3.8, 4) is 5.75 Å². The maximum Gasteiger partial charge on any atom is 1.00 e. The summed E-state index contributed by atoms with van der Waals surface area (Å²) >= 11 is 0. The zero-order chi connectivity index (χ0) is 23.7. The van der Waals surface area contributed by atoms with E-state index in [1.807, 2.05) is 0 Å². The van der Waals surface area contributed by atoms with Crippen LogP contribution < -0.4 is 44.5 Å². The number of ether oxygens (including phenoxy) is 2. The fourth-order valence-corrected chi connectivity index (χ4v) is 3.65. The van der Waals surface area contributed by atoms with Gasteiger partial charge in [-0.2, -0.15) is 0 Å². The van der Waals surface area contributed by atoms with E-state index in [-0.39, 0.29) is 40.9 Å². The molecule has 2 aromatic carbocycles. The number of nitrogens with one attached hydrogen (secondary N) is 1. The van der Waals surface area contributed by atoms with Crippen LogP contribution in [0.1, 0.15) is 53.1 Å². The van der Waals surface area contributed by atoms with Gasteiger partial charge in [0.25, 0.3) is 13.7 Å². The minimum Gasteiger partial charge on any atom is -0.756 e. The Labute approximate surface area is 212 Å². The van der Waals surface area contributed by atoms with Gasteiger partial charge in [0.2, 0.25) is 0 Å². The first-order valence-corrected chi connectivity index (χ1v) is 11.1. The molecule has 0 aromatic heterocycles. The van der Waals surface area contributed by atoms with Crippen molar-refractivity contribution in [2.24, 2.45) is 0 Å². The van der Waals surface area contributed by atoms with E-state index in [2.05, 4.69) is 9.84 Å². The zero-order valence-electron chi connectivity index (χ0n) is 18.5. The Balaban J connectivity index is 0.00000385. The molecule has 3 rings (SSSR count). The summed E-state index contributed by atoms with van der Waals surface area (Å²) in [4.78, 5) is 44.6. The number of Topliss-reactive ketones (excluding diaryl/α,β-unsaturated/α-hetero) is 1. The third kappa shape index (κ3) is 6.94. The molecule has 33 heavy (non-hydrogen) atoms. The second-order valence-electron chi connectivity index (χ2n) is 7.78. The molecule has 172 valence electrons. The van der Waals surface area contributed by atoms with Gasteiger partial charge in [0.05, 0.1) is 6.04 Å². The number of carbonyl (C=O) groups is 2. The SMILES string of the molecule is CC(=O)c1ccc2c(c1)[C@H](NC(=O)c1ccc(F)cc1)[C@H](OCOP(=O)([O-])O)C(C)(C)O2.[Na+]. The number of benzene rings is 2. The number of phosphoric acid groups is 1. The molecule has 1 aliphatic heterocycles. The number of rotatable bonds is 7. The van der Waals surface area contributed by atoms with Gasteiger partial charge >= 0.3 is 29.6 Å². The molecule has 1 aliphatic rings. The summed E-state index contributed by atoms with van der Waals surface area (Å²) in [5.41, 5.74) is -0.124. The quantitative estimate of drug-likeness (QED) is 0.230. The molecule has 0 saturated carbocycles. The van der Waals surface area contributed by atoms with Crippen LogP contribution in [0.2, 0.25) is 0 Å². The van der Waals surface area contributed by atoms with Crippen molar-refractivity contribution < 1.29 is 71.9 Å². The smallest absolute Gasteiger partial charge is 0.756 e. The van der Waals surface area contributed by atoms with Gasteiger partial charge in [-0.15, -0.1) is 0 Å². The Morgan fingerprint density at radius 2 is 1.82 bits per heavy atom. The minimum atomic E-state index is -5.05. The van der Waals surface area contributed by atoms with Gasteiger partial charge in [-0.1, -0.05) is 0 Å². The van der Waals surface area contributed by atoms with Gasteiger partial charge in [-0.3, -0.25) is 18.7 Å². The summed E-state index contributed by atoms with van der Waals surface area (Å²) in [6, 6.07) is 8.71. The summed E-state index contributed by atoms with van der Waals surface area (Å²) < 4.78 is 40.0. The van der Waals surface area contributed by atoms with Crippen LogP contribution in [0.4, 0.5) is 4.39 Å². The first-order chi connectivity index (χ1) is 14.9. The Hall–Kier alpha value is -1.62. The topological polar surface area (TPSA) is 134 Å². The van der Waals surface area contributed by atoms with Crippen LogP contribution in [0.5, 0.6) is 5.75 Å². The Kier molecular flexibility index (Phi) is 9.00. The molecule has 3 atom stereocenters. The molecule has 1 unspecified atom stereocenters. The second-order valence-corrected chi connectivity index (χ2v) is 8.97. The van der Waals surface area contributed by atoms with Crippen molar-refractivity contribution in [1.82, 2.24) is 5.32 Å². The van der Waals surface area contributed by atoms with E-state index < -0.39 is 44.1 Å². The molecular formula is C21H22FNNaO8P. The van der Waals surface area contributed by atoms with Crippen LogP contribution in [0.3, 0.4) is 0 Å². The van der Waals surface area contributed by atoms with Crippen molar-refractivity contribution in [1.29, 1.82) is 0 Å². The van der Waals surface area contributed by atoms with Crippen molar-refractivity contribution in [3.05, 3.63) is 65.0 Å². The molecular weight excluding hydrogens is 467 g/mol. The number of fused-ring (bicyclic) bond motifs is 1. The number of halogens is 1. The Morgan fingerprint density at radius 1 is 1.21 bits per heavy atom. The average Bonchev–Trinajstić information content (AvgIpc) is 2.68. The molecule has 9 nitrogen and oxygen atoms in total. The van der Waals surface area contributed by atoms with Gasteiger partial charge < -0.3 is 24.6 Å². The summed E-state index contributed by atoms with van der Waals surface area (Å²) in [7, 11) is -5.05. The average molecular weight is 489 g/mol. The van der Waals surface area contributed by atoms with E-state index >= 15 is 0 Å². The molecule has 0 fully saturated rings. The normalized spacial score (nSPS) is 20.4. The van der Waals surface area contributed by atoms with Crippen molar-refractivity contribution in [3.63, 3.8) is 0 Å². The maximum atomic E-state index is 13.2. The summed E-state index contributed by atoms with van der Waals surface area (Å²) in [5, 5.41) is 2.79. The van der Waals surface area contributed by atoms with Gasteiger partial charge in [0.1, 0.15) is 23.3 Å². The second kappa shape index (κ2) is 10.8. The molecule has 2 aromatic rings. The molecule has 0 spiro atoms. The molecule has 0 saturated heterocycles. The van der Waals surface area contributed by atoms with Crippen LogP contribution in [-0.2, 0) is 13.8 Å². The van der Waals surface area contributed by atoms with Crippen molar-refractivity contribution in [2.45, 2.75) is 38.5 Å². The van der Waals surface area contributed by atoms with Crippen LogP contribution >= 0.6 is 7.82 Å². The monoisotopic (exact) mass is 489 g/mol. The van der Waals surface area contributed by atoms with Crippen molar-refractivity contribution >= 4 is 19.5 Å². The third-order valence-corrected chi connectivity index (χ3v) is 5.40. The summed E-state index contributed by atoms with van der Waals surface area (Å²) in [6.07, 6.45) is -0.992. The van der Waals surface area contributed by atoms with Crippen molar-refractivity contribution in [2.75, 3.05) is 6.79 Å². The van der Waals surface area contributed by atoms with Crippen LogP contribution in [0.15, 0.2) is 42.5 Å². The molecule has 0 aliphatic carbocycles. The molecule has 0 bridgehead atoms. The summed E-state index contributed by atoms with van der Waals surface area (Å²) in [6.45, 7) is 3.87.